The third-order valence-corrected chi connectivity index (χ3v) is 13.4. The lowest BCUT2D eigenvalue weighted by Crippen LogP contribution is -2.57. The molecule has 0 spiro atoms. The second kappa shape index (κ2) is 14.0. The largest absolute Gasteiger partial charge is 0.471 e. The molecule has 13 nitrogen and oxygen atoms in total. The first kappa shape index (κ1) is 37.3. The number of aromatic nitrogens is 2. The number of amides is 3. The van der Waals surface area contributed by atoms with E-state index in [0.29, 0.717) is 36.4 Å². The molecule has 1 unspecified atom stereocenters. The Balaban J connectivity index is 1.21. The number of Topliss-reactive ketones (excluding diaryl/α,β-unsaturated/α-hetero) is 1. The third-order valence-electron chi connectivity index (χ3n) is 11.6. The highest BCUT2D eigenvalue weighted by atomic mass is 32.2. The number of hydrogen-bond acceptors (Lipinski definition) is 10. The van der Waals surface area contributed by atoms with Gasteiger partial charge in [-0.25, -0.2) is 23.2 Å². The topological polar surface area (TPSA) is 174 Å². The second-order valence-electron chi connectivity index (χ2n) is 17.0. The maximum absolute atomic E-state index is 14.6. The van der Waals surface area contributed by atoms with E-state index in [4.69, 9.17) is 19.4 Å². The van der Waals surface area contributed by atoms with Gasteiger partial charge in [-0.2, -0.15) is 0 Å². The number of carbonyl (C=O) groups is 4. The van der Waals surface area contributed by atoms with Gasteiger partial charge in [-0.3, -0.25) is 19.1 Å². The number of nitrogens with zero attached hydrogens (tertiary/aromatic N) is 3. The van der Waals surface area contributed by atoms with Crippen molar-refractivity contribution in [3.05, 3.63) is 42.1 Å². The highest BCUT2D eigenvalue weighted by Gasteiger charge is 2.61. The van der Waals surface area contributed by atoms with Crippen LogP contribution in [0, 0.1) is 29.6 Å². The summed E-state index contributed by atoms with van der Waals surface area (Å²) in [6.07, 6.45) is 6.26. The molecule has 2 N–H and O–H groups in total. The molecule has 2 aromatic rings. The fourth-order valence-electron chi connectivity index (χ4n) is 7.99. The van der Waals surface area contributed by atoms with E-state index in [2.05, 4.69) is 16.6 Å². The molecule has 5 aliphatic rings. The van der Waals surface area contributed by atoms with Crippen LogP contribution in [0.4, 0.5) is 4.79 Å². The molecule has 3 saturated carbocycles. The molecule has 3 aliphatic carbocycles. The van der Waals surface area contributed by atoms with Gasteiger partial charge in [0.15, 0.2) is 5.78 Å². The molecule has 2 aliphatic heterocycles. The zero-order valence-corrected chi connectivity index (χ0v) is 31.9. The number of ketones is 1. The summed E-state index contributed by atoms with van der Waals surface area (Å²) < 4.78 is 40.1. The Labute approximate surface area is 311 Å². The normalized spacial score (nSPS) is 30.8. The molecule has 53 heavy (non-hydrogen) atoms. The van der Waals surface area contributed by atoms with E-state index >= 15 is 0 Å². The van der Waals surface area contributed by atoms with Crippen molar-refractivity contribution in [2.45, 2.75) is 128 Å². The number of rotatable bonds is 7. The van der Waals surface area contributed by atoms with Gasteiger partial charge in [0.25, 0.3) is 0 Å². The number of fused-ring (bicyclic) bond motifs is 5. The van der Waals surface area contributed by atoms with Crippen molar-refractivity contribution in [3.8, 4) is 5.88 Å². The first-order valence-corrected chi connectivity index (χ1v) is 20.6. The number of hydrogen-bond donors (Lipinski definition) is 2. The lowest BCUT2D eigenvalue weighted by atomic mass is 9.85. The monoisotopic (exact) mass is 749 g/mol. The number of alkyl carbamates (subject to hydrolysis) is 1. The van der Waals surface area contributed by atoms with Crippen LogP contribution in [-0.4, -0.2) is 83.1 Å². The number of ether oxygens (including phenoxy) is 2. The fourth-order valence-corrected chi connectivity index (χ4v) is 9.37. The first-order valence-electron chi connectivity index (χ1n) is 19.0. The van der Waals surface area contributed by atoms with Crippen molar-refractivity contribution < 1.29 is 37.1 Å². The number of sulfonamides is 1. The van der Waals surface area contributed by atoms with Crippen LogP contribution in [0.15, 0.2) is 30.9 Å². The van der Waals surface area contributed by atoms with Gasteiger partial charge in [-0.05, 0) is 86.8 Å². The average molecular weight is 750 g/mol. The summed E-state index contributed by atoms with van der Waals surface area (Å²) in [6.45, 7) is 11.3. The van der Waals surface area contributed by atoms with Crippen molar-refractivity contribution in [2.24, 2.45) is 22.7 Å². The number of carbonyl (C=O) groups excluding carboxylic acids is 4. The molecule has 4 fully saturated rings. The summed E-state index contributed by atoms with van der Waals surface area (Å²) in [5.41, 5.74) is 1.12. The summed E-state index contributed by atoms with van der Waals surface area (Å²) in [7, 11) is -3.85. The number of nitrogens with one attached hydrogen (secondary N) is 2. The van der Waals surface area contributed by atoms with Gasteiger partial charge >= 0.3 is 6.09 Å². The third kappa shape index (κ3) is 7.93. The van der Waals surface area contributed by atoms with Crippen LogP contribution in [0.3, 0.4) is 0 Å². The molecule has 1 aromatic carbocycles. The quantitative estimate of drug-likeness (QED) is 0.378. The van der Waals surface area contributed by atoms with Crippen LogP contribution in [0.25, 0.3) is 11.0 Å². The number of allylic oxidation sites excluding steroid dienone is 1. The molecular formula is C39H51N5O8S. The van der Waals surface area contributed by atoms with Crippen LogP contribution in [-0.2, 0) is 35.6 Å². The average Bonchev–Trinajstić information content (AvgIpc) is 4.01. The SMILES string of the molecule is C=C[C@@H]1C[C@]1(CC(=O)[C@@H]1CC2CN1C(=O)[C@H](C(C)(C)C)NC(=O)O[C@@H]1C[C@H]1CCCCCc1nc3ccc(C)cc3nc1O2)C(=O)NS(=O)(=O)C1CC1. The Morgan fingerprint density at radius 3 is 2.55 bits per heavy atom. The van der Waals surface area contributed by atoms with Crippen molar-refractivity contribution in [2.75, 3.05) is 6.54 Å². The lowest BCUT2D eigenvalue weighted by Gasteiger charge is -2.35. The smallest absolute Gasteiger partial charge is 0.408 e. The molecule has 1 aromatic heterocycles. The predicted molar refractivity (Wildman–Crippen MR) is 196 cm³/mol. The van der Waals surface area contributed by atoms with Gasteiger partial charge in [-0.1, -0.05) is 45.8 Å². The van der Waals surface area contributed by atoms with Gasteiger partial charge < -0.3 is 19.7 Å². The molecule has 286 valence electrons. The molecule has 0 radical (unpaired) electrons. The van der Waals surface area contributed by atoms with Crippen LogP contribution in [0.5, 0.6) is 5.88 Å². The van der Waals surface area contributed by atoms with Gasteiger partial charge in [-0.15, -0.1) is 6.58 Å². The maximum atomic E-state index is 14.6. The molecule has 14 heteroatoms. The van der Waals surface area contributed by atoms with Crippen LogP contribution >= 0.6 is 0 Å². The van der Waals surface area contributed by atoms with Crippen molar-refractivity contribution in [1.82, 2.24) is 24.9 Å². The predicted octanol–water partition coefficient (Wildman–Crippen LogP) is 4.69. The number of aryl methyl sites for hydroxylation is 2. The molecule has 2 bridgehead atoms. The minimum Gasteiger partial charge on any atom is -0.471 e. The van der Waals surface area contributed by atoms with Crippen LogP contribution < -0.4 is 14.8 Å². The fraction of sp³-hybridized carbons (Fsp3) is 0.641. The zero-order chi connectivity index (χ0) is 37.9. The number of benzene rings is 1. The van der Waals surface area contributed by atoms with E-state index in [1.165, 1.54) is 4.90 Å². The van der Waals surface area contributed by atoms with Gasteiger partial charge in [0.1, 0.15) is 23.9 Å². The second-order valence-corrected chi connectivity index (χ2v) is 18.9. The van der Waals surface area contributed by atoms with E-state index in [-0.39, 0.29) is 37.8 Å². The highest BCUT2D eigenvalue weighted by Crippen LogP contribution is 2.57. The van der Waals surface area contributed by atoms with E-state index < -0.39 is 73.9 Å². The Hall–Kier alpha value is -4.07. The van der Waals surface area contributed by atoms with E-state index in [1.807, 2.05) is 45.9 Å². The van der Waals surface area contributed by atoms with Crippen molar-refractivity contribution in [3.63, 3.8) is 0 Å². The van der Waals surface area contributed by atoms with Crippen molar-refractivity contribution >= 4 is 44.7 Å². The van der Waals surface area contributed by atoms with Crippen LogP contribution in [0.2, 0.25) is 0 Å². The summed E-state index contributed by atoms with van der Waals surface area (Å²) in [5.74, 6) is -1.34. The Kier molecular flexibility index (Phi) is 9.82. The Bertz CT molecular complexity index is 1940. The summed E-state index contributed by atoms with van der Waals surface area (Å²) in [6, 6.07) is 3.82. The molecule has 3 heterocycles. The molecule has 1 saturated heterocycles. The standard InChI is InChI=1S/C39H51N5O8S/c1-6-24-19-39(24,36(47)43-53(49,50)26-13-14-26)20-31(45)30-18-25-21-44(30)35(46)33(38(3,4)5)42-37(48)52-32-17-23(32)10-8-7-9-11-28-34(51-25)41-29-16-22(2)12-15-27(29)40-28/h6,12,15-16,23-26,30,32-33H,1,7-11,13-14,17-21H2,2-5H3,(H,42,48)(H,43,47)/t23-,24-,25?,30+,32-,33-,39-/m1/s1. The van der Waals surface area contributed by atoms with Gasteiger partial charge in [0.05, 0.1) is 34.3 Å². The maximum Gasteiger partial charge on any atom is 0.408 e. The summed E-state index contributed by atoms with van der Waals surface area (Å²) in [5, 5.41) is 2.21. The summed E-state index contributed by atoms with van der Waals surface area (Å²) in [4.78, 5) is 67.1. The first-order chi connectivity index (χ1) is 25.1. The van der Waals surface area contributed by atoms with Crippen LogP contribution in [0.1, 0.15) is 96.2 Å². The van der Waals surface area contributed by atoms with E-state index in [9.17, 15) is 27.6 Å². The summed E-state index contributed by atoms with van der Waals surface area (Å²) >= 11 is 0. The molecule has 3 amide bonds. The van der Waals surface area contributed by atoms with E-state index in [0.717, 1.165) is 43.2 Å². The molecule has 7 atom stereocenters. The van der Waals surface area contributed by atoms with Gasteiger partial charge in [0.2, 0.25) is 27.7 Å². The Morgan fingerprint density at radius 2 is 1.85 bits per heavy atom. The van der Waals surface area contributed by atoms with Gasteiger partial charge in [0, 0.05) is 12.8 Å². The lowest BCUT2D eigenvalue weighted by molar-refractivity contribution is -0.142. The highest BCUT2D eigenvalue weighted by molar-refractivity contribution is 7.90. The molecule has 7 rings (SSSR count). The zero-order valence-electron chi connectivity index (χ0n) is 31.1. The van der Waals surface area contributed by atoms with E-state index in [1.54, 1.807) is 6.08 Å². The minimum absolute atomic E-state index is 0.0242. The molecular weight excluding hydrogens is 699 g/mol. The Morgan fingerprint density at radius 1 is 1.08 bits per heavy atom. The minimum atomic E-state index is -3.85. The van der Waals surface area contributed by atoms with Crippen molar-refractivity contribution in [1.29, 1.82) is 0 Å².